The Bertz CT molecular complexity index is 401. The Kier molecular flexibility index (Phi) is 5.71. The second-order valence-corrected chi connectivity index (χ2v) is 4.28. The van der Waals surface area contributed by atoms with Crippen LogP contribution in [-0.4, -0.2) is 28.7 Å². The molecule has 1 aliphatic rings. The van der Waals surface area contributed by atoms with E-state index in [1.54, 1.807) is 31.2 Å². The van der Waals surface area contributed by atoms with E-state index in [1.165, 1.54) is 4.90 Å². The Balaban J connectivity index is 2.67. The van der Waals surface area contributed by atoms with Crippen molar-refractivity contribution in [3.63, 3.8) is 0 Å². The summed E-state index contributed by atoms with van der Waals surface area (Å²) in [7, 11) is 0. The zero-order valence-corrected chi connectivity index (χ0v) is 11.2. The van der Waals surface area contributed by atoms with Gasteiger partial charge in [0.25, 0.3) is 0 Å². The lowest BCUT2D eigenvalue weighted by atomic mass is 10.2. The SMILES string of the molecule is C=C/C=C\C(=C/C)OC(=O)N1CCCC1C(=O)S. The van der Waals surface area contributed by atoms with Crippen LogP contribution in [0.5, 0.6) is 0 Å². The van der Waals surface area contributed by atoms with Crippen molar-refractivity contribution in [1.82, 2.24) is 4.90 Å². The fourth-order valence-corrected chi connectivity index (χ4v) is 2.02. The topological polar surface area (TPSA) is 46.6 Å². The van der Waals surface area contributed by atoms with Gasteiger partial charge in [-0.3, -0.25) is 9.69 Å². The van der Waals surface area contributed by atoms with Gasteiger partial charge < -0.3 is 4.74 Å². The van der Waals surface area contributed by atoms with Gasteiger partial charge in [0.1, 0.15) is 11.8 Å². The fraction of sp³-hybridized carbons (Fsp3) is 0.385. The summed E-state index contributed by atoms with van der Waals surface area (Å²) in [6.45, 7) is 5.83. The molecule has 0 spiro atoms. The number of likely N-dealkylation sites (tertiary alicyclic amines) is 1. The molecule has 0 saturated carbocycles. The third-order valence-corrected chi connectivity index (χ3v) is 2.96. The van der Waals surface area contributed by atoms with Gasteiger partial charge in [0.15, 0.2) is 0 Å². The predicted octanol–water partition coefficient (Wildman–Crippen LogP) is 2.69. The van der Waals surface area contributed by atoms with E-state index in [2.05, 4.69) is 19.2 Å². The summed E-state index contributed by atoms with van der Waals surface area (Å²) in [6, 6.07) is -0.470. The van der Waals surface area contributed by atoms with Gasteiger partial charge in [0.05, 0.1) is 0 Å². The van der Waals surface area contributed by atoms with Gasteiger partial charge in [-0.25, -0.2) is 4.79 Å². The number of rotatable bonds is 4. The molecule has 0 aliphatic carbocycles. The van der Waals surface area contributed by atoms with E-state index in [9.17, 15) is 9.59 Å². The first-order chi connectivity index (χ1) is 8.60. The summed E-state index contributed by atoms with van der Waals surface area (Å²) in [5, 5.41) is -0.298. The van der Waals surface area contributed by atoms with E-state index in [-0.39, 0.29) is 5.12 Å². The van der Waals surface area contributed by atoms with Crippen molar-refractivity contribution in [2.24, 2.45) is 0 Å². The summed E-state index contributed by atoms with van der Waals surface area (Å²) >= 11 is 3.79. The molecule has 0 bridgehead atoms. The van der Waals surface area contributed by atoms with Gasteiger partial charge in [0, 0.05) is 6.54 Å². The van der Waals surface area contributed by atoms with Crippen molar-refractivity contribution in [1.29, 1.82) is 0 Å². The predicted molar refractivity (Wildman–Crippen MR) is 73.3 cm³/mol. The number of carbonyl (C=O) groups excluding carboxylic acids is 2. The van der Waals surface area contributed by atoms with Crippen molar-refractivity contribution >= 4 is 23.8 Å². The number of ether oxygens (including phenoxy) is 1. The van der Waals surface area contributed by atoms with Crippen LogP contribution in [0.3, 0.4) is 0 Å². The van der Waals surface area contributed by atoms with Crippen molar-refractivity contribution in [2.75, 3.05) is 6.54 Å². The molecule has 0 aromatic heterocycles. The molecule has 1 heterocycles. The summed E-state index contributed by atoms with van der Waals surface area (Å²) in [6.07, 6.45) is 7.50. The van der Waals surface area contributed by atoms with Gasteiger partial charge in [-0.05, 0) is 31.9 Å². The number of hydrogen-bond donors (Lipinski definition) is 1. The maximum Gasteiger partial charge on any atom is 0.415 e. The Hall–Kier alpha value is -1.49. The third-order valence-electron chi connectivity index (χ3n) is 2.66. The van der Waals surface area contributed by atoms with Crippen LogP contribution in [0.25, 0.3) is 0 Å². The van der Waals surface area contributed by atoms with E-state index < -0.39 is 12.1 Å². The molecule has 0 aromatic carbocycles. The molecule has 1 unspecified atom stereocenters. The highest BCUT2D eigenvalue weighted by Crippen LogP contribution is 2.21. The van der Waals surface area contributed by atoms with E-state index >= 15 is 0 Å². The molecule has 1 fully saturated rings. The van der Waals surface area contributed by atoms with Crippen LogP contribution in [0, 0.1) is 0 Å². The summed E-state index contributed by atoms with van der Waals surface area (Å²) in [5.41, 5.74) is 0. The number of amides is 1. The van der Waals surface area contributed by atoms with Crippen LogP contribution in [0.2, 0.25) is 0 Å². The minimum Gasteiger partial charge on any atom is -0.411 e. The normalized spacial score (nSPS) is 20.2. The number of thiol groups is 1. The molecule has 1 rings (SSSR count). The minimum atomic E-state index is -0.512. The molecule has 18 heavy (non-hydrogen) atoms. The van der Waals surface area contributed by atoms with Gasteiger partial charge in [-0.2, -0.15) is 0 Å². The first kappa shape index (κ1) is 14.6. The quantitative estimate of drug-likeness (QED) is 0.484. The van der Waals surface area contributed by atoms with Crippen molar-refractivity contribution < 1.29 is 14.3 Å². The Morgan fingerprint density at radius 1 is 1.50 bits per heavy atom. The monoisotopic (exact) mass is 267 g/mol. The number of hydrogen-bond acceptors (Lipinski definition) is 3. The summed E-state index contributed by atoms with van der Waals surface area (Å²) in [4.78, 5) is 24.6. The van der Waals surface area contributed by atoms with E-state index in [4.69, 9.17) is 4.74 Å². The second kappa shape index (κ2) is 7.06. The Morgan fingerprint density at radius 3 is 2.78 bits per heavy atom. The van der Waals surface area contributed by atoms with E-state index in [1.807, 2.05) is 0 Å². The molecule has 98 valence electrons. The maximum absolute atomic E-state index is 11.9. The van der Waals surface area contributed by atoms with Crippen molar-refractivity contribution in [3.05, 3.63) is 36.6 Å². The standard InChI is InChI=1S/C13H17NO3S/c1-3-5-7-10(4-2)17-13(16)14-9-6-8-11(14)12(15)18/h3-5,7,11H,1,6,8-9H2,2H3,(H,15,18)/b7-5-,10-4+. The van der Waals surface area contributed by atoms with Crippen LogP contribution in [0.1, 0.15) is 19.8 Å². The molecular weight excluding hydrogens is 250 g/mol. The summed E-state index contributed by atoms with van der Waals surface area (Å²) in [5.74, 6) is 0.428. The molecule has 1 amide bonds. The molecule has 0 aromatic rings. The van der Waals surface area contributed by atoms with Crippen LogP contribution in [0.15, 0.2) is 36.6 Å². The molecule has 4 nitrogen and oxygen atoms in total. The van der Waals surface area contributed by atoms with Crippen LogP contribution in [0.4, 0.5) is 4.79 Å². The number of nitrogens with zero attached hydrogens (tertiary/aromatic N) is 1. The minimum absolute atomic E-state index is 0.298. The zero-order chi connectivity index (χ0) is 13.5. The Morgan fingerprint density at radius 2 is 2.22 bits per heavy atom. The highest BCUT2D eigenvalue weighted by Gasteiger charge is 2.33. The molecule has 0 N–H and O–H groups in total. The largest absolute Gasteiger partial charge is 0.415 e. The highest BCUT2D eigenvalue weighted by molar-refractivity contribution is 7.96. The lowest BCUT2D eigenvalue weighted by Crippen LogP contribution is -2.39. The first-order valence-corrected chi connectivity index (χ1v) is 6.21. The van der Waals surface area contributed by atoms with Crippen LogP contribution < -0.4 is 0 Å². The highest BCUT2D eigenvalue weighted by atomic mass is 32.1. The molecule has 0 radical (unpaired) electrons. The average molecular weight is 267 g/mol. The van der Waals surface area contributed by atoms with E-state index in [0.717, 1.165) is 6.42 Å². The van der Waals surface area contributed by atoms with Crippen molar-refractivity contribution in [2.45, 2.75) is 25.8 Å². The lowest BCUT2D eigenvalue weighted by molar-refractivity contribution is -0.114. The zero-order valence-electron chi connectivity index (χ0n) is 10.3. The van der Waals surface area contributed by atoms with Gasteiger partial charge >= 0.3 is 6.09 Å². The maximum atomic E-state index is 11.9. The third kappa shape index (κ3) is 3.77. The number of carbonyl (C=O) groups is 2. The number of allylic oxidation sites excluding steroid dienone is 4. The summed E-state index contributed by atoms with van der Waals surface area (Å²) < 4.78 is 5.19. The molecule has 1 aliphatic heterocycles. The van der Waals surface area contributed by atoms with E-state index in [0.29, 0.717) is 18.7 Å². The van der Waals surface area contributed by atoms with Crippen LogP contribution in [-0.2, 0) is 9.53 Å². The molecule has 1 saturated heterocycles. The smallest absolute Gasteiger partial charge is 0.411 e. The average Bonchev–Trinajstić information content (AvgIpc) is 2.83. The van der Waals surface area contributed by atoms with Crippen molar-refractivity contribution in [3.8, 4) is 0 Å². The molecule has 5 heteroatoms. The Labute approximate surface area is 112 Å². The molecular formula is C13H17NO3S. The van der Waals surface area contributed by atoms with Crippen LogP contribution >= 0.6 is 12.6 Å². The van der Waals surface area contributed by atoms with Gasteiger partial charge in [-0.15, -0.1) is 12.6 Å². The first-order valence-electron chi connectivity index (χ1n) is 5.76. The second-order valence-electron chi connectivity index (χ2n) is 3.84. The van der Waals surface area contributed by atoms with Gasteiger partial charge in [0.2, 0.25) is 5.12 Å². The molecule has 1 atom stereocenters. The van der Waals surface area contributed by atoms with Gasteiger partial charge in [-0.1, -0.05) is 18.7 Å². The fourth-order valence-electron chi connectivity index (χ4n) is 1.75. The lowest BCUT2D eigenvalue weighted by Gasteiger charge is -2.21.